The van der Waals surface area contributed by atoms with E-state index in [2.05, 4.69) is 35.2 Å². The number of hydrogen-bond donors (Lipinski definition) is 1. The van der Waals surface area contributed by atoms with Crippen LogP contribution < -0.4 is 4.74 Å². The summed E-state index contributed by atoms with van der Waals surface area (Å²) in [5, 5.41) is 8.89. The van der Waals surface area contributed by atoms with E-state index in [-0.39, 0.29) is 5.92 Å². The van der Waals surface area contributed by atoms with Gasteiger partial charge in [0, 0.05) is 19.6 Å². The number of hydrogen-bond acceptors (Lipinski definition) is 3. The average molecular weight is 297 g/mol. The van der Waals surface area contributed by atoms with Crippen LogP contribution in [0.15, 0.2) is 48.5 Å². The molecule has 1 aliphatic rings. The Hall–Kier alpha value is -2.33. The lowest BCUT2D eigenvalue weighted by Crippen LogP contribution is -2.49. The van der Waals surface area contributed by atoms with E-state index in [1.165, 1.54) is 5.56 Å². The van der Waals surface area contributed by atoms with Gasteiger partial charge in [-0.1, -0.05) is 36.4 Å². The highest BCUT2D eigenvalue weighted by Crippen LogP contribution is 2.25. The molecule has 0 unspecified atom stereocenters. The third-order valence-corrected chi connectivity index (χ3v) is 4.07. The van der Waals surface area contributed by atoms with Crippen LogP contribution in [0.1, 0.15) is 5.56 Å². The van der Waals surface area contributed by atoms with Gasteiger partial charge >= 0.3 is 5.97 Å². The van der Waals surface area contributed by atoms with Crippen LogP contribution in [0, 0.1) is 5.92 Å². The van der Waals surface area contributed by atoms with Crippen molar-refractivity contribution in [3.8, 4) is 16.9 Å². The molecule has 0 bridgehead atoms. The van der Waals surface area contributed by atoms with Crippen LogP contribution in [0.4, 0.5) is 0 Å². The summed E-state index contributed by atoms with van der Waals surface area (Å²) < 4.78 is 5.25. The topological polar surface area (TPSA) is 49.8 Å². The number of carbonyl (C=O) groups is 1. The first kappa shape index (κ1) is 14.6. The second kappa shape index (κ2) is 6.20. The zero-order valence-electron chi connectivity index (χ0n) is 12.5. The number of methoxy groups -OCH3 is 1. The maximum absolute atomic E-state index is 10.8. The number of ether oxygens (including phenoxy) is 1. The number of nitrogens with zero attached hydrogens (tertiary/aromatic N) is 1. The van der Waals surface area contributed by atoms with Gasteiger partial charge in [0.2, 0.25) is 0 Å². The Balaban J connectivity index is 1.64. The van der Waals surface area contributed by atoms with E-state index in [9.17, 15) is 4.79 Å². The lowest BCUT2D eigenvalue weighted by atomic mass is 9.98. The number of aliphatic carboxylic acids is 1. The average Bonchev–Trinajstić information content (AvgIpc) is 2.50. The first-order chi connectivity index (χ1) is 10.7. The Bertz CT molecular complexity index is 660. The van der Waals surface area contributed by atoms with Crippen molar-refractivity contribution >= 4 is 5.97 Å². The second-order valence-corrected chi connectivity index (χ2v) is 5.66. The fourth-order valence-electron chi connectivity index (χ4n) is 2.72. The summed E-state index contributed by atoms with van der Waals surface area (Å²) >= 11 is 0. The van der Waals surface area contributed by atoms with Crippen molar-refractivity contribution in [2.45, 2.75) is 6.54 Å². The largest absolute Gasteiger partial charge is 0.497 e. The summed E-state index contributed by atoms with van der Waals surface area (Å²) in [5.74, 6) is -0.0393. The Morgan fingerprint density at radius 3 is 2.55 bits per heavy atom. The lowest BCUT2D eigenvalue weighted by Gasteiger charge is -2.36. The number of rotatable bonds is 5. The van der Waals surface area contributed by atoms with Crippen molar-refractivity contribution in [1.29, 1.82) is 0 Å². The molecule has 22 heavy (non-hydrogen) atoms. The van der Waals surface area contributed by atoms with Crippen LogP contribution in [0.5, 0.6) is 5.75 Å². The lowest BCUT2D eigenvalue weighted by molar-refractivity contribution is -0.147. The summed E-state index contributed by atoms with van der Waals surface area (Å²) in [5.41, 5.74) is 3.48. The highest BCUT2D eigenvalue weighted by Gasteiger charge is 2.31. The van der Waals surface area contributed by atoms with E-state index >= 15 is 0 Å². The molecule has 114 valence electrons. The molecule has 0 amide bonds. The molecule has 3 rings (SSSR count). The number of benzene rings is 2. The van der Waals surface area contributed by atoms with Crippen LogP contribution in [-0.2, 0) is 11.3 Å². The summed E-state index contributed by atoms with van der Waals surface area (Å²) in [4.78, 5) is 12.9. The van der Waals surface area contributed by atoms with Crippen LogP contribution in [0.25, 0.3) is 11.1 Å². The Morgan fingerprint density at radius 1 is 1.18 bits per heavy atom. The van der Waals surface area contributed by atoms with Gasteiger partial charge in [-0.3, -0.25) is 9.69 Å². The van der Waals surface area contributed by atoms with E-state index in [4.69, 9.17) is 9.84 Å². The minimum atomic E-state index is -0.690. The molecule has 0 atom stereocenters. The number of carboxylic acid groups (broad SMARTS) is 1. The molecule has 1 N–H and O–H groups in total. The van der Waals surface area contributed by atoms with Crippen molar-refractivity contribution < 1.29 is 14.6 Å². The molecule has 1 saturated heterocycles. The number of likely N-dealkylation sites (tertiary alicyclic amines) is 1. The zero-order chi connectivity index (χ0) is 15.5. The fourth-order valence-corrected chi connectivity index (χ4v) is 2.72. The highest BCUT2D eigenvalue weighted by atomic mass is 16.5. The first-order valence-electron chi connectivity index (χ1n) is 7.34. The fraction of sp³-hybridized carbons (Fsp3) is 0.278. The van der Waals surface area contributed by atoms with E-state index in [0.717, 1.165) is 23.4 Å². The summed E-state index contributed by atoms with van der Waals surface area (Å²) in [6.45, 7) is 2.10. The van der Waals surface area contributed by atoms with Crippen molar-refractivity contribution in [2.75, 3.05) is 20.2 Å². The van der Waals surface area contributed by atoms with Crippen LogP contribution >= 0.6 is 0 Å². The monoisotopic (exact) mass is 297 g/mol. The predicted octanol–water partition coefficient (Wildman–Crippen LogP) is 2.88. The molecule has 1 heterocycles. The Morgan fingerprint density at radius 2 is 1.91 bits per heavy atom. The van der Waals surface area contributed by atoms with Gasteiger partial charge in [-0.2, -0.15) is 0 Å². The zero-order valence-corrected chi connectivity index (χ0v) is 12.5. The third kappa shape index (κ3) is 3.12. The predicted molar refractivity (Wildman–Crippen MR) is 84.8 cm³/mol. The molecule has 0 radical (unpaired) electrons. The second-order valence-electron chi connectivity index (χ2n) is 5.66. The Kier molecular flexibility index (Phi) is 4.11. The van der Waals surface area contributed by atoms with Gasteiger partial charge in [0.25, 0.3) is 0 Å². The summed E-state index contributed by atoms with van der Waals surface area (Å²) in [6, 6.07) is 16.4. The summed E-state index contributed by atoms with van der Waals surface area (Å²) in [6.07, 6.45) is 0. The van der Waals surface area contributed by atoms with Crippen LogP contribution in [0.3, 0.4) is 0 Å². The first-order valence-corrected chi connectivity index (χ1v) is 7.34. The molecular weight excluding hydrogens is 278 g/mol. The van der Waals surface area contributed by atoms with Crippen molar-refractivity contribution in [2.24, 2.45) is 5.92 Å². The highest BCUT2D eigenvalue weighted by molar-refractivity contribution is 5.71. The van der Waals surface area contributed by atoms with E-state index in [1.807, 2.05) is 18.2 Å². The van der Waals surface area contributed by atoms with Gasteiger partial charge in [0.15, 0.2) is 0 Å². The molecule has 0 spiro atoms. The van der Waals surface area contributed by atoms with E-state index in [0.29, 0.717) is 13.1 Å². The minimum Gasteiger partial charge on any atom is -0.497 e. The van der Waals surface area contributed by atoms with Crippen molar-refractivity contribution in [3.63, 3.8) is 0 Å². The standard InChI is InChI=1S/C18H19NO3/c1-22-17-4-2-3-15(9-17)14-7-5-13(6-8-14)10-19-11-16(12-19)18(20)21/h2-9,16H,10-12H2,1H3,(H,20,21). The SMILES string of the molecule is COc1cccc(-c2ccc(CN3CC(C(=O)O)C3)cc2)c1. The van der Waals surface area contributed by atoms with Gasteiger partial charge in [0.1, 0.15) is 5.75 Å². The smallest absolute Gasteiger partial charge is 0.309 e. The van der Waals surface area contributed by atoms with Crippen LogP contribution in [0.2, 0.25) is 0 Å². The van der Waals surface area contributed by atoms with Crippen molar-refractivity contribution in [1.82, 2.24) is 4.90 Å². The molecule has 1 aliphatic heterocycles. The van der Waals surface area contributed by atoms with E-state index < -0.39 is 5.97 Å². The molecule has 2 aromatic rings. The number of carboxylic acids is 1. The normalized spacial score (nSPS) is 15.3. The van der Waals surface area contributed by atoms with Gasteiger partial charge in [0.05, 0.1) is 13.0 Å². The molecule has 0 saturated carbocycles. The summed E-state index contributed by atoms with van der Waals surface area (Å²) in [7, 11) is 1.67. The third-order valence-electron chi connectivity index (χ3n) is 4.07. The molecule has 2 aromatic carbocycles. The quantitative estimate of drug-likeness (QED) is 0.922. The Labute approximate surface area is 130 Å². The van der Waals surface area contributed by atoms with Gasteiger partial charge < -0.3 is 9.84 Å². The van der Waals surface area contributed by atoms with Gasteiger partial charge in [-0.25, -0.2) is 0 Å². The van der Waals surface area contributed by atoms with Crippen LogP contribution in [-0.4, -0.2) is 36.2 Å². The molecule has 0 aliphatic carbocycles. The van der Waals surface area contributed by atoms with Gasteiger partial charge in [-0.05, 0) is 28.8 Å². The van der Waals surface area contributed by atoms with Gasteiger partial charge in [-0.15, -0.1) is 0 Å². The molecule has 4 heteroatoms. The molecule has 0 aromatic heterocycles. The molecule has 4 nitrogen and oxygen atoms in total. The van der Waals surface area contributed by atoms with E-state index in [1.54, 1.807) is 7.11 Å². The van der Waals surface area contributed by atoms with Crippen molar-refractivity contribution in [3.05, 3.63) is 54.1 Å². The minimum absolute atomic E-state index is 0.198. The molecule has 1 fully saturated rings. The maximum Gasteiger partial charge on any atom is 0.309 e. The maximum atomic E-state index is 10.8. The molecular formula is C18H19NO3.